The summed E-state index contributed by atoms with van der Waals surface area (Å²) in [6.07, 6.45) is 6.53. The molecule has 13 nitrogen and oxygen atoms in total. The third-order valence-corrected chi connectivity index (χ3v) is 11.6. The third-order valence-electron chi connectivity index (χ3n) is 9.81. The fourth-order valence-electron chi connectivity index (χ4n) is 6.97. The van der Waals surface area contributed by atoms with Crippen LogP contribution in [0.5, 0.6) is 5.88 Å². The fourth-order valence-corrected chi connectivity index (χ4v) is 8.34. The molecule has 7 atom stereocenters. The Morgan fingerprint density at radius 2 is 1.87 bits per heavy atom. The van der Waals surface area contributed by atoms with Gasteiger partial charge in [-0.25, -0.2) is 18.2 Å². The van der Waals surface area contributed by atoms with Crippen LogP contribution < -0.4 is 20.1 Å². The number of sulfonamides is 1. The van der Waals surface area contributed by atoms with Crippen molar-refractivity contribution in [3.8, 4) is 5.88 Å². The van der Waals surface area contributed by atoms with Gasteiger partial charge >= 0.3 is 6.09 Å². The van der Waals surface area contributed by atoms with E-state index in [0.29, 0.717) is 31.6 Å². The molecular weight excluding hydrogens is 626 g/mol. The van der Waals surface area contributed by atoms with E-state index in [4.69, 9.17) is 4.74 Å². The Kier molecular flexibility index (Phi) is 8.90. The highest BCUT2D eigenvalue weighted by Crippen LogP contribution is 2.46. The number of carboxylic acid groups (broad SMARTS) is 1. The van der Waals surface area contributed by atoms with Gasteiger partial charge in [-0.2, -0.15) is 0 Å². The van der Waals surface area contributed by atoms with Crippen molar-refractivity contribution in [3.05, 3.63) is 48.7 Å². The minimum Gasteiger partial charge on any atom is -0.472 e. The van der Waals surface area contributed by atoms with Crippen LogP contribution in [0.2, 0.25) is 0 Å². The molecule has 6 rings (SSSR count). The lowest BCUT2D eigenvalue weighted by molar-refractivity contribution is -0.142. The van der Waals surface area contributed by atoms with Crippen LogP contribution in [0.1, 0.15) is 58.8 Å². The zero-order valence-corrected chi connectivity index (χ0v) is 27.2. The second-order valence-electron chi connectivity index (χ2n) is 13.5. The summed E-state index contributed by atoms with van der Waals surface area (Å²) in [7, 11) is -3.88. The van der Waals surface area contributed by atoms with Gasteiger partial charge in [-0.1, -0.05) is 44.2 Å². The topological polar surface area (TPSA) is 184 Å². The van der Waals surface area contributed by atoms with Gasteiger partial charge in [0.1, 0.15) is 23.7 Å². The molecular formula is C33H41N5O8S. The van der Waals surface area contributed by atoms with Gasteiger partial charge in [0, 0.05) is 23.9 Å². The van der Waals surface area contributed by atoms with E-state index in [1.54, 1.807) is 6.20 Å². The van der Waals surface area contributed by atoms with Crippen molar-refractivity contribution in [1.82, 2.24) is 25.2 Å². The molecule has 4 N–H and O–H groups in total. The van der Waals surface area contributed by atoms with E-state index in [9.17, 15) is 32.7 Å². The number of pyridine rings is 1. The zero-order chi connectivity index (χ0) is 33.5. The van der Waals surface area contributed by atoms with Crippen molar-refractivity contribution >= 4 is 44.6 Å². The van der Waals surface area contributed by atoms with E-state index >= 15 is 0 Å². The number of hydrogen-bond acceptors (Lipinski definition) is 8. The number of nitrogens with one attached hydrogen (secondary N) is 3. The zero-order valence-electron chi connectivity index (χ0n) is 26.4. The van der Waals surface area contributed by atoms with Crippen LogP contribution in [0, 0.1) is 17.8 Å². The molecule has 14 heteroatoms. The second-order valence-corrected chi connectivity index (χ2v) is 15.5. The summed E-state index contributed by atoms with van der Waals surface area (Å²) >= 11 is 0. The summed E-state index contributed by atoms with van der Waals surface area (Å²) in [6, 6.07) is 7.11. The fraction of sp³-hybridized carbons (Fsp3) is 0.545. The summed E-state index contributed by atoms with van der Waals surface area (Å²) in [6.45, 7) is 3.82. The number of allylic oxidation sites excluding steroid dienone is 1. The molecule has 0 bridgehead atoms. The third kappa shape index (κ3) is 6.92. The van der Waals surface area contributed by atoms with Gasteiger partial charge < -0.3 is 25.4 Å². The lowest BCUT2D eigenvalue weighted by atomic mass is 9.88. The molecule has 4 aliphatic rings. The molecule has 3 fully saturated rings. The first-order valence-electron chi connectivity index (χ1n) is 16.2. The Balaban J connectivity index is 1.33. The molecule has 4 amide bonds. The van der Waals surface area contributed by atoms with Crippen molar-refractivity contribution in [2.24, 2.45) is 17.8 Å². The number of rotatable bonds is 6. The standard InChI is InChI=1S/C33H41N5O8S/c1-19-7-3-5-9-22-17-33(22,31(41)37-47(44,45)24-11-12-24)36-28(39)26-16-23(46-29-25-10-6-4-8-21(25)13-14-34-29)18-38(26)30(40)27(20(2)15-19)35-32(42)43/h4-6,8-10,13-14,19-20,22-24,26-27,35H,3,7,11-12,15-18H2,1-2H3,(H,36,39)(H,37,41)(H,42,43)/b9-5-/t19-,20-,22-,23-,26+,27+,33-/m1/s1. The number of amides is 4. The van der Waals surface area contributed by atoms with Crippen LogP contribution in [0.3, 0.4) is 0 Å². The molecule has 0 radical (unpaired) electrons. The van der Waals surface area contributed by atoms with Crippen LogP contribution in [-0.4, -0.2) is 82.7 Å². The molecule has 252 valence electrons. The number of aromatic nitrogens is 1. The first-order chi connectivity index (χ1) is 22.4. The van der Waals surface area contributed by atoms with E-state index in [1.807, 2.05) is 56.3 Å². The van der Waals surface area contributed by atoms with Crippen LogP contribution in [0.4, 0.5) is 4.79 Å². The van der Waals surface area contributed by atoms with E-state index in [1.165, 1.54) is 4.90 Å². The van der Waals surface area contributed by atoms with E-state index in [2.05, 4.69) is 20.3 Å². The van der Waals surface area contributed by atoms with Crippen LogP contribution >= 0.6 is 0 Å². The lowest BCUT2D eigenvalue weighted by Gasteiger charge is -2.32. The number of fused-ring (bicyclic) bond motifs is 3. The highest BCUT2D eigenvalue weighted by molar-refractivity contribution is 7.91. The van der Waals surface area contributed by atoms with Gasteiger partial charge in [-0.3, -0.25) is 19.1 Å². The predicted octanol–water partition coefficient (Wildman–Crippen LogP) is 2.71. The monoisotopic (exact) mass is 667 g/mol. The minimum atomic E-state index is -3.88. The first-order valence-corrected chi connectivity index (χ1v) is 17.8. The molecule has 0 unspecified atom stereocenters. The summed E-state index contributed by atoms with van der Waals surface area (Å²) in [5, 5.41) is 15.9. The van der Waals surface area contributed by atoms with Gasteiger partial charge in [-0.05, 0) is 67.9 Å². The van der Waals surface area contributed by atoms with Crippen LogP contribution in [0.25, 0.3) is 10.8 Å². The number of nitrogens with zero attached hydrogens (tertiary/aromatic N) is 2. The minimum absolute atomic E-state index is 0.0273. The van der Waals surface area contributed by atoms with Gasteiger partial charge in [-0.15, -0.1) is 0 Å². The molecule has 3 heterocycles. The van der Waals surface area contributed by atoms with Crippen LogP contribution in [-0.2, 0) is 24.4 Å². The van der Waals surface area contributed by atoms with Gasteiger partial charge in [0.15, 0.2) is 0 Å². The van der Waals surface area contributed by atoms with E-state index < -0.39 is 68.7 Å². The maximum absolute atomic E-state index is 14.2. The van der Waals surface area contributed by atoms with Crippen molar-refractivity contribution in [2.75, 3.05) is 6.54 Å². The smallest absolute Gasteiger partial charge is 0.405 e. The summed E-state index contributed by atoms with van der Waals surface area (Å²) in [5.41, 5.74) is -1.50. The van der Waals surface area contributed by atoms with Gasteiger partial charge in [0.25, 0.3) is 5.91 Å². The molecule has 47 heavy (non-hydrogen) atoms. The first kappa shape index (κ1) is 32.7. The molecule has 2 aliphatic heterocycles. The summed E-state index contributed by atoms with van der Waals surface area (Å²) < 4.78 is 33.9. The number of hydrogen-bond donors (Lipinski definition) is 4. The number of ether oxygens (including phenoxy) is 1. The molecule has 0 spiro atoms. The molecule has 2 aromatic rings. The van der Waals surface area contributed by atoms with Crippen LogP contribution in [0.15, 0.2) is 48.7 Å². The average Bonchev–Trinajstić information content (AvgIpc) is 3.95. The van der Waals surface area contributed by atoms with Crippen molar-refractivity contribution in [3.63, 3.8) is 0 Å². The van der Waals surface area contributed by atoms with E-state index in [0.717, 1.165) is 17.2 Å². The summed E-state index contributed by atoms with van der Waals surface area (Å²) in [4.78, 5) is 59.6. The molecule has 1 aromatic carbocycles. The normalized spacial score (nSPS) is 32.2. The Hall–Kier alpha value is -4.20. The quantitative estimate of drug-likeness (QED) is 0.337. The lowest BCUT2D eigenvalue weighted by Crippen LogP contribution is -2.59. The maximum Gasteiger partial charge on any atom is 0.405 e. The Bertz CT molecular complexity index is 1710. The SMILES string of the molecule is C[C@@H]1CC/C=C\[C@@H]2C[C@@]2(C(=O)NS(=O)(=O)C2CC2)NC(=O)[C@@H]2C[C@@H](Oc3nccc4ccccc34)CN2C(=O)[C@@H](NC(=O)O)[C@H](C)C1. The number of carbonyl (C=O) groups excluding carboxylic acids is 3. The Labute approximate surface area is 273 Å². The van der Waals surface area contributed by atoms with E-state index in [-0.39, 0.29) is 31.2 Å². The average molecular weight is 668 g/mol. The predicted molar refractivity (Wildman–Crippen MR) is 172 cm³/mol. The highest BCUT2D eigenvalue weighted by Gasteiger charge is 2.62. The van der Waals surface area contributed by atoms with Gasteiger partial charge in [0.05, 0.1) is 11.8 Å². The van der Waals surface area contributed by atoms with Gasteiger partial charge in [0.2, 0.25) is 27.7 Å². The van der Waals surface area contributed by atoms with Crippen molar-refractivity contribution < 1.29 is 37.4 Å². The van der Waals surface area contributed by atoms with Crippen molar-refractivity contribution in [2.45, 2.75) is 87.8 Å². The second kappa shape index (κ2) is 12.8. The molecule has 2 saturated carbocycles. The number of carbonyl (C=O) groups is 4. The molecule has 1 aromatic heterocycles. The van der Waals surface area contributed by atoms with Crippen molar-refractivity contribution in [1.29, 1.82) is 0 Å². The molecule has 1 saturated heterocycles. The largest absolute Gasteiger partial charge is 0.472 e. The molecule has 2 aliphatic carbocycles. The highest BCUT2D eigenvalue weighted by atomic mass is 32.2. The number of benzene rings is 1. The Morgan fingerprint density at radius 3 is 2.62 bits per heavy atom. The summed E-state index contributed by atoms with van der Waals surface area (Å²) in [5.74, 6) is -2.35. The Morgan fingerprint density at radius 1 is 1.11 bits per heavy atom. The maximum atomic E-state index is 14.2.